The zero-order chi connectivity index (χ0) is 16.4. The number of nitrogens with zero attached hydrogens (tertiary/aromatic N) is 2. The first-order valence-electron chi connectivity index (χ1n) is 7.36. The highest BCUT2D eigenvalue weighted by atomic mass is 32.1. The SMILES string of the molecule is C[C@@H]1c2ccsc2CCN1C(=O)/C=C/c1ccccc1[N+](=O)[O-]. The maximum Gasteiger partial charge on any atom is 0.276 e. The second kappa shape index (κ2) is 6.34. The number of amides is 1. The maximum atomic E-state index is 12.5. The zero-order valence-corrected chi connectivity index (χ0v) is 13.5. The summed E-state index contributed by atoms with van der Waals surface area (Å²) in [5, 5.41) is 13.1. The summed E-state index contributed by atoms with van der Waals surface area (Å²) in [4.78, 5) is 26.2. The van der Waals surface area contributed by atoms with Gasteiger partial charge in [0.2, 0.25) is 5.91 Å². The van der Waals surface area contributed by atoms with Crippen molar-refractivity contribution in [3.63, 3.8) is 0 Å². The van der Waals surface area contributed by atoms with Gasteiger partial charge in [-0.1, -0.05) is 12.1 Å². The van der Waals surface area contributed by atoms with Crippen molar-refractivity contribution in [2.24, 2.45) is 0 Å². The van der Waals surface area contributed by atoms with Crippen LogP contribution in [0.15, 0.2) is 41.8 Å². The van der Waals surface area contributed by atoms with E-state index in [1.54, 1.807) is 34.4 Å². The Kier molecular flexibility index (Phi) is 4.25. The Balaban J connectivity index is 1.79. The van der Waals surface area contributed by atoms with E-state index in [1.165, 1.54) is 28.7 Å². The fourth-order valence-electron chi connectivity index (χ4n) is 2.86. The van der Waals surface area contributed by atoms with E-state index in [4.69, 9.17) is 0 Å². The molecule has 0 fully saturated rings. The minimum absolute atomic E-state index is 0.00311. The molecule has 0 aliphatic carbocycles. The van der Waals surface area contributed by atoms with Gasteiger partial charge in [-0.25, -0.2) is 0 Å². The topological polar surface area (TPSA) is 63.5 Å². The van der Waals surface area contributed by atoms with Gasteiger partial charge in [0.1, 0.15) is 0 Å². The van der Waals surface area contributed by atoms with Gasteiger partial charge in [0.05, 0.1) is 16.5 Å². The van der Waals surface area contributed by atoms with E-state index in [-0.39, 0.29) is 17.6 Å². The molecule has 0 unspecified atom stereocenters. The molecule has 0 radical (unpaired) electrons. The third-order valence-corrected chi connectivity index (χ3v) is 5.10. The van der Waals surface area contributed by atoms with E-state index in [0.717, 1.165) is 6.42 Å². The lowest BCUT2D eigenvalue weighted by Gasteiger charge is -2.32. The van der Waals surface area contributed by atoms with Crippen LogP contribution in [-0.4, -0.2) is 22.3 Å². The Labute approximate surface area is 138 Å². The third kappa shape index (κ3) is 3.03. The van der Waals surface area contributed by atoms with Crippen LogP contribution in [0.2, 0.25) is 0 Å². The van der Waals surface area contributed by atoms with Gasteiger partial charge >= 0.3 is 0 Å². The lowest BCUT2D eigenvalue weighted by atomic mass is 10.0. The van der Waals surface area contributed by atoms with Crippen LogP contribution < -0.4 is 0 Å². The number of thiophene rings is 1. The summed E-state index contributed by atoms with van der Waals surface area (Å²) in [6, 6.07) is 8.51. The van der Waals surface area contributed by atoms with Crippen LogP contribution in [0.5, 0.6) is 0 Å². The molecule has 1 aliphatic heterocycles. The number of carbonyl (C=O) groups excluding carboxylic acids is 1. The number of carbonyl (C=O) groups is 1. The minimum atomic E-state index is -0.439. The van der Waals surface area contributed by atoms with Crippen LogP contribution in [0.1, 0.15) is 29.0 Å². The highest BCUT2D eigenvalue weighted by Crippen LogP contribution is 2.33. The van der Waals surface area contributed by atoms with Crippen LogP contribution in [0, 0.1) is 10.1 Å². The lowest BCUT2D eigenvalue weighted by Crippen LogP contribution is -2.37. The molecule has 6 heteroatoms. The molecule has 1 aromatic heterocycles. The molecule has 1 aliphatic rings. The maximum absolute atomic E-state index is 12.5. The van der Waals surface area contributed by atoms with E-state index in [9.17, 15) is 14.9 Å². The Morgan fingerprint density at radius 1 is 1.39 bits per heavy atom. The smallest absolute Gasteiger partial charge is 0.276 e. The van der Waals surface area contributed by atoms with Crippen LogP contribution in [0.25, 0.3) is 6.08 Å². The van der Waals surface area contributed by atoms with E-state index in [2.05, 4.69) is 11.4 Å². The van der Waals surface area contributed by atoms with E-state index in [1.807, 2.05) is 6.92 Å². The number of benzene rings is 1. The summed E-state index contributed by atoms with van der Waals surface area (Å²) in [6.45, 7) is 2.69. The second-order valence-electron chi connectivity index (χ2n) is 5.41. The molecule has 1 amide bonds. The van der Waals surface area contributed by atoms with Crippen molar-refractivity contribution in [3.8, 4) is 0 Å². The van der Waals surface area contributed by atoms with Crippen LogP contribution in [0.3, 0.4) is 0 Å². The van der Waals surface area contributed by atoms with Gasteiger partial charge in [0, 0.05) is 23.6 Å². The summed E-state index contributed by atoms with van der Waals surface area (Å²) in [5.74, 6) is -0.118. The molecule has 2 aromatic rings. The van der Waals surface area contributed by atoms with Gasteiger partial charge in [-0.15, -0.1) is 11.3 Å². The summed E-state index contributed by atoms with van der Waals surface area (Å²) < 4.78 is 0. The molecule has 23 heavy (non-hydrogen) atoms. The van der Waals surface area contributed by atoms with Crippen LogP contribution in [0.4, 0.5) is 5.69 Å². The second-order valence-corrected chi connectivity index (χ2v) is 6.41. The van der Waals surface area contributed by atoms with Gasteiger partial charge in [0.15, 0.2) is 0 Å². The minimum Gasteiger partial charge on any atom is -0.332 e. The molecule has 0 N–H and O–H groups in total. The number of rotatable bonds is 3. The van der Waals surface area contributed by atoms with Crippen molar-refractivity contribution in [2.45, 2.75) is 19.4 Å². The van der Waals surface area contributed by atoms with Crippen LogP contribution >= 0.6 is 11.3 Å². The van der Waals surface area contributed by atoms with Gasteiger partial charge in [0.25, 0.3) is 5.69 Å². The van der Waals surface area contributed by atoms with Crippen molar-refractivity contribution in [2.75, 3.05) is 6.54 Å². The molecule has 1 atom stereocenters. The highest BCUT2D eigenvalue weighted by Gasteiger charge is 2.27. The number of nitro benzene ring substituents is 1. The summed E-state index contributed by atoms with van der Waals surface area (Å²) >= 11 is 1.73. The first-order valence-corrected chi connectivity index (χ1v) is 8.24. The average Bonchev–Trinajstić information content (AvgIpc) is 3.02. The van der Waals surface area contributed by atoms with Gasteiger partial charge < -0.3 is 4.90 Å². The van der Waals surface area contributed by atoms with E-state index < -0.39 is 4.92 Å². The summed E-state index contributed by atoms with van der Waals surface area (Å²) in [6.07, 6.45) is 3.81. The Bertz CT molecular complexity index is 782. The molecular formula is C17H16N2O3S. The summed E-state index contributed by atoms with van der Waals surface area (Å²) in [7, 11) is 0. The van der Waals surface area contributed by atoms with Crippen molar-refractivity contribution in [1.82, 2.24) is 4.90 Å². The predicted molar refractivity (Wildman–Crippen MR) is 90.3 cm³/mol. The molecule has 0 bridgehead atoms. The molecule has 5 nitrogen and oxygen atoms in total. The highest BCUT2D eigenvalue weighted by molar-refractivity contribution is 7.10. The normalized spacial score (nSPS) is 17.3. The average molecular weight is 328 g/mol. The Morgan fingerprint density at radius 3 is 2.96 bits per heavy atom. The monoisotopic (exact) mass is 328 g/mol. The molecule has 0 spiro atoms. The number of hydrogen-bond donors (Lipinski definition) is 0. The Hall–Kier alpha value is -2.47. The molecule has 118 valence electrons. The zero-order valence-electron chi connectivity index (χ0n) is 12.6. The van der Waals surface area contributed by atoms with Gasteiger partial charge in [-0.05, 0) is 42.5 Å². The van der Waals surface area contributed by atoms with Crippen LogP contribution in [-0.2, 0) is 11.2 Å². The van der Waals surface area contributed by atoms with Crippen molar-refractivity contribution < 1.29 is 9.72 Å². The fraction of sp³-hybridized carbons (Fsp3) is 0.235. The number of para-hydroxylation sites is 1. The predicted octanol–water partition coefficient (Wildman–Crippen LogP) is 3.82. The Morgan fingerprint density at radius 2 is 2.17 bits per heavy atom. The van der Waals surface area contributed by atoms with E-state index in [0.29, 0.717) is 12.1 Å². The molecule has 3 rings (SSSR count). The lowest BCUT2D eigenvalue weighted by molar-refractivity contribution is -0.385. The molecule has 0 saturated heterocycles. The molecular weight excluding hydrogens is 312 g/mol. The standard InChI is InChI=1S/C17H16N2O3S/c1-12-14-9-11-23-16(14)8-10-18(12)17(20)7-6-13-4-2-3-5-15(13)19(21)22/h2-7,9,11-12H,8,10H2,1H3/b7-6+/t12-/m1/s1. The molecule has 0 saturated carbocycles. The van der Waals surface area contributed by atoms with Crippen molar-refractivity contribution >= 4 is 29.0 Å². The quantitative estimate of drug-likeness (QED) is 0.489. The summed E-state index contributed by atoms with van der Waals surface area (Å²) in [5.41, 5.74) is 1.64. The van der Waals surface area contributed by atoms with E-state index >= 15 is 0 Å². The van der Waals surface area contributed by atoms with Crippen molar-refractivity contribution in [1.29, 1.82) is 0 Å². The first-order chi connectivity index (χ1) is 11.1. The third-order valence-electron chi connectivity index (χ3n) is 4.10. The number of nitro groups is 1. The van der Waals surface area contributed by atoms with Crippen molar-refractivity contribution in [3.05, 3.63) is 67.9 Å². The number of hydrogen-bond acceptors (Lipinski definition) is 4. The molecule has 2 heterocycles. The molecule has 1 aromatic carbocycles. The van der Waals surface area contributed by atoms with Gasteiger partial charge in [-0.2, -0.15) is 0 Å². The largest absolute Gasteiger partial charge is 0.332 e. The van der Waals surface area contributed by atoms with Gasteiger partial charge in [-0.3, -0.25) is 14.9 Å². The fourth-order valence-corrected chi connectivity index (χ4v) is 3.82. The number of fused-ring (bicyclic) bond motifs is 1. The first kappa shape index (κ1) is 15.4.